The molecule has 2 N–H and O–H groups in total. The summed E-state index contributed by atoms with van der Waals surface area (Å²) in [7, 11) is -3.77. The fourth-order valence-corrected chi connectivity index (χ4v) is 3.37. The number of nitrogens with zero attached hydrogens (tertiary/aromatic N) is 3. The number of sulfonamides is 1. The zero-order valence-corrected chi connectivity index (χ0v) is 12.3. The molecule has 1 aliphatic rings. The van der Waals surface area contributed by atoms with Gasteiger partial charge in [0.15, 0.2) is 5.76 Å². The van der Waals surface area contributed by atoms with E-state index in [0.29, 0.717) is 18.9 Å². The maximum atomic E-state index is 12.4. The fraction of sp³-hybridized carbons (Fsp3) is 0.333. The summed E-state index contributed by atoms with van der Waals surface area (Å²) < 4.78 is 37.3. The van der Waals surface area contributed by atoms with Crippen LogP contribution in [0.3, 0.4) is 0 Å². The molecule has 0 spiro atoms. The number of nitrogens with two attached hydrogens (primary N) is 1. The first-order valence-corrected chi connectivity index (χ1v) is 7.95. The fourth-order valence-electron chi connectivity index (χ4n) is 2.05. The minimum absolute atomic E-state index is 0.130. The third kappa shape index (κ3) is 2.63. The highest BCUT2D eigenvalue weighted by Gasteiger charge is 2.30. The molecule has 22 heavy (non-hydrogen) atoms. The van der Waals surface area contributed by atoms with Crippen LogP contribution in [-0.4, -0.2) is 54.7 Å². The highest BCUT2D eigenvalue weighted by atomic mass is 32.2. The number of morpholine rings is 1. The number of anilines is 1. The molecule has 1 saturated heterocycles. The van der Waals surface area contributed by atoms with Crippen LogP contribution in [0.1, 0.15) is 10.6 Å². The highest BCUT2D eigenvalue weighted by molar-refractivity contribution is 7.89. The molecule has 9 nitrogen and oxygen atoms in total. The Labute approximate surface area is 126 Å². The van der Waals surface area contributed by atoms with Crippen LogP contribution < -0.4 is 5.73 Å². The van der Waals surface area contributed by atoms with E-state index in [4.69, 9.17) is 14.9 Å². The van der Waals surface area contributed by atoms with Crippen LogP contribution >= 0.6 is 0 Å². The molecule has 3 rings (SSSR count). The molecule has 2 aromatic rings. The number of furan rings is 1. The van der Waals surface area contributed by atoms with E-state index in [1.807, 2.05) is 0 Å². The van der Waals surface area contributed by atoms with E-state index in [0.717, 1.165) is 4.68 Å². The van der Waals surface area contributed by atoms with Crippen LogP contribution in [0.4, 0.5) is 5.69 Å². The number of nitrogen functional groups attached to an aromatic ring is 1. The van der Waals surface area contributed by atoms with Crippen molar-refractivity contribution in [1.29, 1.82) is 0 Å². The van der Waals surface area contributed by atoms with Gasteiger partial charge in [0.25, 0.3) is 10.0 Å². The lowest BCUT2D eigenvalue weighted by Crippen LogP contribution is -2.40. The van der Waals surface area contributed by atoms with Gasteiger partial charge in [-0.05, 0) is 12.1 Å². The summed E-state index contributed by atoms with van der Waals surface area (Å²) in [5.41, 5.74) is 5.81. The monoisotopic (exact) mass is 326 g/mol. The van der Waals surface area contributed by atoms with E-state index in [-0.39, 0.29) is 23.9 Å². The molecule has 1 aliphatic heterocycles. The molecule has 0 amide bonds. The second-order valence-corrected chi connectivity index (χ2v) is 6.53. The maximum absolute atomic E-state index is 12.4. The molecular formula is C12H14N4O5S. The number of ether oxygens (including phenoxy) is 1. The predicted molar refractivity (Wildman–Crippen MR) is 74.7 cm³/mol. The van der Waals surface area contributed by atoms with E-state index in [9.17, 15) is 13.2 Å². The van der Waals surface area contributed by atoms with Gasteiger partial charge in [-0.15, -0.1) is 0 Å². The van der Waals surface area contributed by atoms with E-state index in [1.54, 1.807) is 0 Å². The summed E-state index contributed by atoms with van der Waals surface area (Å²) in [6, 6.07) is 2.55. The molecule has 0 atom stereocenters. The van der Waals surface area contributed by atoms with Crippen molar-refractivity contribution in [2.45, 2.75) is 5.09 Å². The largest absolute Gasteiger partial charge is 0.438 e. The van der Waals surface area contributed by atoms with Crippen molar-refractivity contribution in [1.82, 2.24) is 14.1 Å². The topological polar surface area (TPSA) is 121 Å². The Bertz CT molecular complexity index is 788. The van der Waals surface area contributed by atoms with Crippen molar-refractivity contribution in [2.75, 3.05) is 32.0 Å². The van der Waals surface area contributed by atoms with Crippen molar-refractivity contribution < 1.29 is 22.4 Å². The molecule has 1 fully saturated rings. The second-order valence-electron chi connectivity index (χ2n) is 4.66. The number of carbonyl (C=O) groups excluding carboxylic acids is 1. The van der Waals surface area contributed by atoms with E-state index < -0.39 is 15.9 Å². The summed E-state index contributed by atoms with van der Waals surface area (Å²) in [6.45, 7) is 1.17. The van der Waals surface area contributed by atoms with Gasteiger partial charge in [-0.2, -0.15) is 14.1 Å². The molecule has 3 heterocycles. The zero-order chi connectivity index (χ0) is 15.7. The third-order valence-corrected chi connectivity index (χ3v) is 4.94. The summed E-state index contributed by atoms with van der Waals surface area (Å²) in [5, 5.41) is 3.48. The Kier molecular flexibility index (Phi) is 3.72. The van der Waals surface area contributed by atoms with Gasteiger partial charge < -0.3 is 14.9 Å². The van der Waals surface area contributed by atoms with Crippen LogP contribution in [0.5, 0.6) is 0 Å². The molecule has 2 aromatic heterocycles. The summed E-state index contributed by atoms with van der Waals surface area (Å²) in [6.07, 6.45) is 2.63. The van der Waals surface area contributed by atoms with Crippen molar-refractivity contribution >= 4 is 21.6 Å². The summed E-state index contributed by atoms with van der Waals surface area (Å²) >= 11 is 0. The summed E-state index contributed by atoms with van der Waals surface area (Å²) in [5.74, 6) is -0.727. The van der Waals surface area contributed by atoms with E-state index >= 15 is 0 Å². The standard InChI is InChI=1S/C12H14N4O5S/c13-9-7-14-16(8-9)12(17)10-1-2-11(21-10)22(18,19)15-3-5-20-6-4-15/h1-2,7-8H,3-6,13H2. The lowest BCUT2D eigenvalue weighted by molar-refractivity contribution is 0.0722. The van der Waals surface area contributed by atoms with Gasteiger partial charge in [-0.3, -0.25) is 4.79 Å². The molecule has 0 aliphatic carbocycles. The third-order valence-electron chi connectivity index (χ3n) is 3.17. The maximum Gasteiger partial charge on any atom is 0.313 e. The first-order valence-electron chi connectivity index (χ1n) is 6.51. The average Bonchev–Trinajstić information content (AvgIpc) is 3.17. The van der Waals surface area contributed by atoms with Gasteiger partial charge in [0.2, 0.25) is 5.09 Å². The van der Waals surface area contributed by atoms with Gasteiger partial charge >= 0.3 is 5.91 Å². The van der Waals surface area contributed by atoms with Crippen LogP contribution in [0.25, 0.3) is 0 Å². The minimum atomic E-state index is -3.77. The number of rotatable bonds is 3. The van der Waals surface area contributed by atoms with Crippen molar-refractivity contribution in [3.05, 3.63) is 30.3 Å². The van der Waals surface area contributed by atoms with Gasteiger partial charge in [0.05, 0.1) is 31.3 Å². The molecular weight excluding hydrogens is 312 g/mol. The van der Waals surface area contributed by atoms with Crippen LogP contribution in [0.15, 0.2) is 34.0 Å². The lowest BCUT2D eigenvalue weighted by Gasteiger charge is -2.24. The number of carbonyl (C=O) groups is 1. The molecule has 0 saturated carbocycles. The second kappa shape index (κ2) is 5.55. The quantitative estimate of drug-likeness (QED) is 0.826. The van der Waals surface area contributed by atoms with Crippen LogP contribution in [0.2, 0.25) is 0 Å². The van der Waals surface area contributed by atoms with Gasteiger partial charge in [0, 0.05) is 13.1 Å². The van der Waals surface area contributed by atoms with E-state index in [2.05, 4.69) is 5.10 Å². The number of hydrogen-bond donors (Lipinski definition) is 1. The van der Waals surface area contributed by atoms with Crippen LogP contribution in [-0.2, 0) is 14.8 Å². The Morgan fingerprint density at radius 2 is 2.00 bits per heavy atom. The Morgan fingerprint density at radius 3 is 2.64 bits per heavy atom. The van der Waals surface area contributed by atoms with Crippen molar-refractivity contribution in [3.63, 3.8) is 0 Å². The molecule has 0 radical (unpaired) electrons. The normalized spacial score (nSPS) is 16.7. The molecule has 0 bridgehead atoms. The van der Waals surface area contributed by atoms with E-state index in [1.165, 1.54) is 28.8 Å². The first-order chi connectivity index (χ1) is 10.5. The number of aromatic nitrogens is 2. The number of hydrogen-bond acceptors (Lipinski definition) is 7. The molecule has 0 unspecified atom stereocenters. The van der Waals surface area contributed by atoms with Crippen molar-refractivity contribution in [3.8, 4) is 0 Å². The van der Waals surface area contributed by atoms with Gasteiger partial charge in [-0.1, -0.05) is 0 Å². The zero-order valence-electron chi connectivity index (χ0n) is 11.5. The lowest BCUT2D eigenvalue weighted by atomic mass is 10.4. The SMILES string of the molecule is Nc1cnn(C(=O)c2ccc(S(=O)(=O)N3CCOCC3)o2)c1. The molecule has 10 heteroatoms. The van der Waals surface area contributed by atoms with Gasteiger partial charge in [-0.25, -0.2) is 8.42 Å². The predicted octanol–water partition coefficient (Wildman–Crippen LogP) is -0.232. The highest BCUT2D eigenvalue weighted by Crippen LogP contribution is 2.20. The van der Waals surface area contributed by atoms with Crippen LogP contribution in [0, 0.1) is 0 Å². The Balaban J connectivity index is 1.85. The van der Waals surface area contributed by atoms with Gasteiger partial charge in [0.1, 0.15) is 0 Å². The minimum Gasteiger partial charge on any atom is -0.438 e. The first kappa shape index (κ1) is 14.8. The average molecular weight is 326 g/mol. The molecule has 118 valence electrons. The Morgan fingerprint density at radius 1 is 1.27 bits per heavy atom. The Hall–Kier alpha value is -2.17. The van der Waals surface area contributed by atoms with Crippen molar-refractivity contribution in [2.24, 2.45) is 0 Å². The molecule has 0 aromatic carbocycles. The smallest absolute Gasteiger partial charge is 0.313 e. The summed E-state index contributed by atoms with van der Waals surface area (Å²) in [4.78, 5) is 12.1.